The van der Waals surface area contributed by atoms with E-state index in [1.165, 1.54) is 7.11 Å². The van der Waals surface area contributed by atoms with Crippen molar-refractivity contribution in [3.63, 3.8) is 0 Å². The average Bonchev–Trinajstić information content (AvgIpc) is 2.55. The lowest BCUT2D eigenvalue weighted by Crippen LogP contribution is -2.46. The summed E-state index contributed by atoms with van der Waals surface area (Å²) < 4.78 is 4.77. The molecule has 1 saturated heterocycles. The summed E-state index contributed by atoms with van der Waals surface area (Å²) >= 11 is 0. The third-order valence-corrected chi connectivity index (χ3v) is 4.10. The molecule has 1 aromatic rings. The number of hydrogen-bond acceptors (Lipinski definition) is 3. The maximum Gasteiger partial charge on any atom is 0.409 e. The minimum absolute atomic E-state index is 0.0849. The smallest absolute Gasteiger partial charge is 0.409 e. The van der Waals surface area contributed by atoms with E-state index in [2.05, 4.69) is 0 Å². The highest BCUT2D eigenvalue weighted by molar-refractivity contribution is 5.95. The highest BCUT2D eigenvalue weighted by atomic mass is 16.5. The predicted molar refractivity (Wildman–Crippen MR) is 85.9 cm³/mol. The zero-order valence-corrected chi connectivity index (χ0v) is 13.5. The molecule has 1 aromatic carbocycles. The van der Waals surface area contributed by atoms with E-state index in [1.807, 2.05) is 38.1 Å². The van der Waals surface area contributed by atoms with Crippen molar-refractivity contribution in [1.29, 1.82) is 0 Å². The summed E-state index contributed by atoms with van der Waals surface area (Å²) in [5, 5.41) is 0. The second-order valence-corrected chi connectivity index (χ2v) is 5.68. The molecule has 5 heteroatoms. The summed E-state index contributed by atoms with van der Waals surface area (Å²) in [6.07, 6.45) is 1.29. The first-order valence-corrected chi connectivity index (χ1v) is 7.77. The van der Waals surface area contributed by atoms with Gasteiger partial charge in [0.25, 0.3) is 0 Å². The van der Waals surface area contributed by atoms with Crippen molar-refractivity contribution in [1.82, 2.24) is 4.90 Å². The lowest BCUT2D eigenvalue weighted by molar-refractivity contribution is -0.123. The van der Waals surface area contributed by atoms with Gasteiger partial charge < -0.3 is 14.5 Å². The summed E-state index contributed by atoms with van der Waals surface area (Å²) in [6, 6.07) is 7.95. The number of nitrogens with zero attached hydrogens (tertiary/aromatic N) is 2. The lowest BCUT2D eigenvalue weighted by atomic mass is 9.96. The molecule has 0 aliphatic carbocycles. The Bertz CT molecular complexity index is 544. The van der Waals surface area contributed by atoms with Gasteiger partial charge in [0, 0.05) is 25.3 Å². The number of rotatable bonds is 3. The molecule has 1 heterocycles. The van der Waals surface area contributed by atoms with Crippen LogP contribution in [0.25, 0.3) is 0 Å². The van der Waals surface area contributed by atoms with Crippen molar-refractivity contribution in [3.8, 4) is 0 Å². The maximum atomic E-state index is 12.8. The van der Waals surface area contributed by atoms with Gasteiger partial charge in [-0.3, -0.25) is 4.79 Å². The van der Waals surface area contributed by atoms with Gasteiger partial charge in [0.05, 0.1) is 13.0 Å². The van der Waals surface area contributed by atoms with Crippen LogP contribution in [0.1, 0.15) is 25.3 Å². The first-order valence-electron chi connectivity index (χ1n) is 7.77. The molecule has 1 aliphatic rings. The van der Waals surface area contributed by atoms with Crippen LogP contribution in [-0.2, 0) is 9.53 Å². The van der Waals surface area contributed by atoms with Crippen molar-refractivity contribution in [3.05, 3.63) is 29.8 Å². The molecule has 2 amide bonds. The Kier molecular flexibility index (Phi) is 5.41. The van der Waals surface area contributed by atoms with Crippen molar-refractivity contribution in [2.45, 2.75) is 26.7 Å². The zero-order valence-electron chi connectivity index (χ0n) is 13.5. The fourth-order valence-electron chi connectivity index (χ4n) is 2.96. The van der Waals surface area contributed by atoms with Crippen LogP contribution in [-0.4, -0.2) is 43.6 Å². The Morgan fingerprint density at radius 3 is 2.82 bits per heavy atom. The Balaban J connectivity index is 2.12. The number of anilines is 1. The largest absolute Gasteiger partial charge is 0.453 e. The van der Waals surface area contributed by atoms with Crippen LogP contribution < -0.4 is 4.90 Å². The molecule has 0 bridgehead atoms. The summed E-state index contributed by atoms with van der Waals surface area (Å²) in [7, 11) is 1.37. The van der Waals surface area contributed by atoms with E-state index < -0.39 is 0 Å². The van der Waals surface area contributed by atoms with Gasteiger partial charge in [0.15, 0.2) is 0 Å². The molecular weight excluding hydrogens is 280 g/mol. The molecule has 22 heavy (non-hydrogen) atoms. The van der Waals surface area contributed by atoms with E-state index in [1.54, 1.807) is 9.80 Å². The Morgan fingerprint density at radius 1 is 1.41 bits per heavy atom. The summed E-state index contributed by atoms with van der Waals surface area (Å²) in [4.78, 5) is 27.9. The fraction of sp³-hybridized carbons (Fsp3) is 0.529. The van der Waals surface area contributed by atoms with Crippen molar-refractivity contribution in [2.24, 2.45) is 5.92 Å². The number of methoxy groups -OCH3 is 1. The number of hydrogen-bond donors (Lipinski definition) is 0. The quantitative estimate of drug-likeness (QED) is 0.863. The SMILES string of the molecule is CCN(C(=O)C1CCCN(C(=O)OC)C1)c1cccc(C)c1. The normalized spacial score (nSPS) is 18.0. The van der Waals surface area contributed by atoms with Crippen LogP contribution in [0.2, 0.25) is 0 Å². The molecule has 2 rings (SSSR count). The first-order chi connectivity index (χ1) is 10.6. The third kappa shape index (κ3) is 3.59. The van der Waals surface area contributed by atoms with Crippen LogP contribution in [0.4, 0.5) is 10.5 Å². The minimum Gasteiger partial charge on any atom is -0.453 e. The Labute approximate surface area is 131 Å². The van der Waals surface area contributed by atoms with Gasteiger partial charge in [-0.2, -0.15) is 0 Å². The number of carbonyl (C=O) groups is 2. The second kappa shape index (κ2) is 7.29. The first kappa shape index (κ1) is 16.3. The number of amides is 2. The van der Waals surface area contributed by atoms with E-state index in [0.717, 1.165) is 24.1 Å². The van der Waals surface area contributed by atoms with Crippen LogP contribution in [0.5, 0.6) is 0 Å². The highest BCUT2D eigenvalue weighted by Gasteiger charge is 2.31. The molecule has 0 saturated carbocycles. The van der Waals surface area contributed by atoms with E-state index in [-0.39, 0.29) is 17.9 Å². The van der Waals surface area contributed by atoms with Crippen molar-refractivity contribution in [2.75, 3.05) is 31.6 Å². The van der Waals surface area contributed by atoms with Crippen molar-refractivity contribution >= 4 is 17.7 Å². The van der Waals surface area contributed by atoms with Crippen LogP contribution in [0.15, 0.2) is 24.3 Å². The molecule has 1 fully saturated rings. The molecule has 1 unspecified atom stereocenters. The lowest BCUT2D eigenvalue weighted by Gasteiger charge is -2.34. The fourth-order valence-corrected chi connectivity index (χ4v) is 2.96. The number of ether oxygens (including phenoxy) is 1. The van der Waals surface area contributed by atoms with Gasteiger partial charge >= 0.3 is 6.09 Å². The van der Waals surface area contributed by atoms with Crippen LogP contribution >= 0.6 is 0 Å². The van der Waals surface area contributed by atoms with Crippen LogP contribution in [0.3, 0.4) is 0 Å². The molecule has 5 nitrogen and oxygen atoms in total. The molecule has 120 valence electrons. The van der Waals surface area contributed by atoms with E-state index in [0.29, 0.717) is 19.6 Å². The molecule has 1 aliphatic heterocycles. The second-order valence-electron chi connectivity index (χ2n) is 5.68. The highest BCUT2D eigenvalue weighted by Crippen LogP contribution is 2.23. The molecule has 0 spiro atoms. The number of likely N-dealkylation sites (tertiary alicyclic amines) is 1. The minimum atomic E-state index is -0.351. The van der Waals surface area contributed by atoms with Crippen molar-refractivity contribution < 1.29 is 14.3 Å². The monoisotopic (exact) mass is 304 g/mol. The van der Waals surface area contributed by atoms with E-state index in [9.17, 15) is 9.59 Å². The van der Waals surface area contributed by atoms with Gasteiger partial charge in [0.1, 0.15) is 0 Å². The molecule has 0 N–H and O–H groups in total. The number of carbonyl (C=O) groups excluding carboxylic acids is 2. The van der Waals surface area contributed by atoms with Gasteiger partial charge in [-0.1, -0.05) is 12.1 Å². The molecule has 1 atom stereocenters. The summed E-state index contributed by atoms with van der Waals surface area (Å²) in [5.41, 5.74) is 2.05. The van der Waals surface area contributed by atoms with E-state index >= 15 is 0 Å². The Hall–Kier alpha value is -2.04. The average molecular weight is 304 g/mol. The van der Waals surface area contributed by atoms with Crippen LogP contribution in [0, 0.1) is 12.8 Å². The molecular formula is C17H24N2O3. The van der Waals surface area contributed by atoms with Gasteiger partial charge in [-0.05, 0) is 44.4 Å². The van der Waals surface area contributed by atoms with Gasteiger partial charge in [0.2, 0.25) is 5.91 Å². The summed E-state index contributed by atoms with van der Waals surface area (Å²) in [6.45, 7) is 5.71. The Morgan fingerprint density at radius 2 is 2.18 bits per heavy atom. The topological polar surface area (TPSA) is 49.9 Å². The maximum absolute atomic E-state index is 12.8. The zero-order chi connectivity index (χ0) is 16.1. The van der Waals surface area contributed by atoms with Gasteiger partial charge in [-0.15, -0.1) is 0 Å². The van der Waals surface area contributed by atoms with E-state index in [4.69, 9.17) is 4.74 Å². The predicted octanol–water partition coefficient (Wildman–Crippen LogP) is 2.83. The number of piperidine rings is 1. The number of aryl methyl sites for hydroxylation is 1. The molecule has 0 aromatic heterocycles. The third-order valence-electron chi connectivity index (χ3n) is 4.10. The molecule has 0 radical (unpaired) electrons. The standard InChI is InChI=1S/C17H24N2O3/c1-4-19(15-9-5-7-13(2)11-15)16(20)14-8-6-10-18(12-14)17(21)22-3/h5,7,9,11,14H,4,6,8,10,12H2,1-3H3. The summed E-state index contributed by atoms with van der Waals surface area (Å²) in [5.74, 6) is -0.0741. The number of benzene rings is 1. The van der Waals surface area contributed by atoms with Gasteiger partial charge in [-0.25, -0.2) is 4.79 Å².